The molecular formula is C24H23FN6O. The molecule has 0 saturated carbocycles. The molecule has 0 radical (unpaired) electrons. The third-order valence-electron chi connectivity index (χ3n) is 5.98. The number of amides is 1. The lowest BCUT2D eigenvalue weighted by molar-refractivity contribution is 0.0996. The molecule has 1 unspecified atom stereocenters. The maximum atomic E-state index is 13.4. The summed E-state index contributed by atoms with van der Waals surface area (Å²) in [5.74, 6) is -0.900. The molecule has 7 nitrogen and oxygen atoms in total. The quantitative estimate of drug-likeness (QED) is 0.523. The van der Waals surface area contributed by atoms with Crippen molar-refractivity contribution in [3.8, 4) is 11.1 Å². The summed E-state index contributed by atoms with van der Waals surface area (Å²) in [6.45, 7) is 2.69. The molecule has 0 bridgehead atoms. The van der Waals surface area contributed by atoms with Crippen molar-refractivity contribution in [2.45, 2.75) is 25.4 Å². The van der Waals surface area contributed by atoms with Gasteiger partial charge < -0.3 is 5.73 Å². The van der Waals surface area contributed by atoms with E-state index in [1.165, 1.54) is 12.1 Å². The zero-order valence-corrected chi connectivity index (χ0v) is 17.5. The summed E-state index contributed by atoms with van der Waals surface area (Å²) in [7, 11) is 0. The molecule has 0 aliphatic carbocycles. The van der Waals surface area contributed by atoms with Gasteiger partial charge >= 0.3 is 0 Å². The summed E-state index contributed by atoms with van der Waals surface area (Å²) in [6, 6.07) is 14.3. The molecule has 1 saturated heterocycles. The monoisotopic (exact) mass is 430 g/mol. The van der Waals surface area contributed by atoms with Crippen LogP contribution in [0.5, 0.6) is 0 Å². The van der Waals surface area contributed by atoms with E-state index < -0.39 is 5.91 Å². The molecular weight excluding hydrogens is 407 g/mol. The average Bonchev–Trinajstić information content (AvgIpc) is 3.34. The number of rotatable bonds is 5. The zero-order valence-electron chi connectivity index (χ0n) is 17.5. The molecule has 1 aliphatic rings. The zero-order chi connectivity index (χ0) is 22.1. The Balaban J connectivity index is 1.46. The van der Waals surface area contributed by atoms with Crippen LogP contribution in [-0.2, 0) is 6.54 Å². The van der Waals surface area contributed by atoms with E-state index in [0.29, 0.717) is 11.6 Å². The molecule has 2 aromatic carbocycles. The number of aromatic nitrogens is 4. The number of nitrogens with zero attached hydrogens (tertiary/aromatic N) is 5. The summed E-state index contributed by atoms with van der Waals surface area (Å²) in [5, 5.41) is 5.19. The number of piperidine rings is 1. The molecule has 2 aromatic heterocycles. The number of carbonyl (C=O) groups excluding carboxylic acids is 1. The van der Waals surface area contributed by atoms with Gasteiger partial charge in [-0.05, 0) is 60.3 Å². The third kappa shape index (κ3) is 4.09. The highest BCUT2D eigenvalue weighted by Crippen LogP contribution is 2.30. The Kier molecular flexibility index (Phi) is 5.36. The highest BCUT2D eigenvalue weighted by atomic mass is 19.1. The van der Waals surface area contributed by atoms with Gasteiger partial charge in [0.2, 0.25) is 0 Å². The second kappa shape index (κ2) is 8.47. The molecule has 162 valence electrons. The first kappa shape index (κ1) is 20.3. The normalized spacial score (nSPS) is 17.0. The van der Waals surface area contributed by atoms with Gasteiger partial charge in [-0.25, -0.2) is 19.0 Å². The van der Waals surface area contributed by atoms with Crippen molar-refractivity contribution in [2.75, 3.05) is 13.1 Å². The fraction of sp³-hybridized carbons (Fsp3) is 0.250. The van der Waals surface area contributed by atoms with Crippen LogP contribution >= 0.6 is 0 Å². The second-order valence-electron chi connectivity index (χ2n) is 8.18. The summed E-state index contributed by atoms with van der Waals surface area (Å²) in [5.41, 5.74) is 9.15. The number of nitrogens with two attached hydrogens (primary N) is 1. The summed E-state index contributed by atoms with van der Waals surface area (Å²) in [4.78, 5) is 22.9. The maximum Gasteiger partial charge on any atom is 0.267 e. The van der Waals surface area contributed by atoms with Gasteiger partial charge in [-0.3, -0.25) is 9.69 Å². The summed E-state index contributed by atoms with van der Waals surface area (Å²) < 4.78 is 15.3. The van der Waals surface area contributed by atoms with Gasteiger partial charge in [0.05, 0.1) is 11.6 Å². The minimum atomic E-state index is -0.590. The minimum Gasteiger partial charge on any atom is -0.364 e. The van der Waals surface area contributed by atoms with Crippen LogP contribution < -0.4 is 5.73 Å². The van der Waals surface area contributed by atoms with Crippen LogP contribution in [0.25, 0.3) is 22.0 Å². The van der Waals surface area contributed by atoms with Crippen molar-refractivity contribution in [1.29, 1.82) is 0 Å². The SMILES string of the molecule is NC(=O)c1cc(-c2ccc(F)cc2)c2ccc(CN3CCCC(n4cncn4)C3)cc2n1. The number of hydrogen-bond donors (Lipinski definition) is 1. The highest BCUT2D eigenvalue weighted by Gasteiger charge is 2.22. The molecule has 0 spiro atoms. The Morgan fingerprint density at radius 2 is 2.00 bits per heavy atom. The molecule has 5 rings (SSSR count). The molecule has 32 heavy (non-hydrogen) atoms. The van der Waals surface area contributed by atoms with E-state index >= 15 is 0 Å². The van der Waals surface area contributed by atoms with Crippen molar-refractivity contribution in [3.63, 3.8) is 0 Å². The van der Waals surface area contributed by atoms with Crippen molar-refractivity contribution in [1.82, 2.24) is 24.6 Å². The smallest absolute Gasteiger partial charge is 0.267 e. The Morgan fingerprint density at radius 1 is 1.16 bits per heavy atom. The first-order valence-electron chi connectivity index (χ1n) is 10.6. The molecule has 8 heteroatoms. The van der Waals surface area contributed by atoms with Crippen molar-refractivity contribution >= 4 is 16.8 Å². The third-order valence-corrected chi connectivity index (χ3v) is 5.98. The molecule has 1 amide bonds. The van der Waals surface area contributed by atoms with E-state index in [9.17, 15) is 9.18 Å². The number of likely N-dealkylation sites (tertiary alicyclic amines) is 1. The van der Waals surface area contributed by atoms with Crippen LogP contribution in [0.15, 0.2) is 61.2 Å². The van der Waals surface area contributed by atoms with E-state index in [1.807, 2.05) is 16.8 Å². The number of primary amides is 1. The van der Waals surface area contributed by atoms with E-state index in [1.54, 1.807) is 30.9 Å². The van der Waals surface area contributed by atoms with E-state index in [2.05, 4.69) is 26.0 Å². The first-order chi connectivity index (χ1) is 15.6. The second-order valence-corrected chi connectivity index (χ2v) is 8.18. The lowest BCUT2D eigenvalue weighted by Gasteiger charge is -2.32. The standard InChI is InChI=1S/C24H23FN6O/c25-18-6-4-17(5-7-18)21-11-23(24(26)32)29-22-10-16(3-8-20(21)22)12-30-9-1-2-19(13-30)31-15-27-14-28-31/h3-8,10-11,14-15,19H,1-2,9,12-13H2,(H2,26,32). The highest BCUT2D eigenvalue weighted by molar-refractivity contribution is 6.00. The topological polar surface area (TPSA) is 89.9 Å². The number of fused-ring (bicyclic) bond motifs is 1. The Hall–Kier alpha value is -3.65. The van der Waals surface area contributed by atoms with Crippen LogP contribution in [0.2, 0.25) is 0 Å². The summed E-state index contributed by atoms with van der Waals surface area (Å²) >= 11 is 0. The molecule has 3 heterocycles. The lowest BCUT2D eigenvalue weighted by Crippen LogP contribution is -2.36. The van der Waals surface area contributed by atoms with Crippen LogP contribution in [0.1, 0.15) is 34.9 Å². The van der Waals surface area contributed by atoms with Gasteiger partial charge in [-0.15, -0.1) is 0 Å². The predicted molar refractivity (Wildman–Crippen MR) is 119 cm³/mol. The van der Waals surface area contributed by atoms with Crippen LogP contribution in [-0.4, -0.2) is 43.6 Å². The molecule has 2 N–H and O–H groups in total. The van der Waals surface area contributed by atoms with Crippen molar-refractivity contribution in [2.24, 2.45) is 5.73 Å². The molecule has 1 fully saturated rings. The van der Waals surface area contributed by atoms with Crippen molar-refractivity contribution in [3.05, 3.63) is 78.3 Å². The maximum absolute atomic E-state index is 13.4. The predicted octanol–water partition coefficient (Wildman–Crippen LogP) is 3.57. The van der Waals surface area contributed by atoms with E-state index in [4.69, 9.17) is 5.73 Å². The Labute approximate surface area is 184 Å². The lowest BCUT2D eigenvalue weighted by atomic mass is 9.98. The Morgan fingerprint density at radius 3 is 2.75 bits per heavy atom. The summed E-state index contributed by atoms with van der Waals surface area (Å²) in [6.07, 6.45) is 5.53. The van der Waals surface area contributed by atoms with Crippen molar-refractivity contribution < 1.29 is 9.18 Å². The fourth-order valence-electron chi connectivity index (χ4n) is 4.42. The largest absolute Gasteiger partial charge is 0.364 e. The van der Waals surface area contributed by atoms with Gasteiger partial charge in [0.15, 0.2) is 0 Å². The van der Waals surface area contributed by atoms with Crippen LogP contribution in [0.4, 0.5) is 4.39 Å². The van der Waals surface area contributed by atoms with Gasteiger partial charge in [-0.1, -0.05) is 24.3 Å². The first-order valence-corrected chi connectivity index (χ1v) is 10.6. The number of pyridine rings is 1. The number of halogens is 1. The van der Waals surface area contributed by atoms with Crippen LogP contribution in [0.3, 0.4) is 0 Å². The molecule has 1 atom stereocenters. The van der Waals surface area contributed by atoms with Gasteiger partial charge in [0.1, 0.15) is 24.2 Å². The van der Waals surface area contributed by atoms with Gasteiger partial charge in [0.25, 0.3) is 5.91 Å². The van der Waals surface area contributed by atoms with E-state index in [0.717, 1.165) is 54.6 Å². The van der Waals surface area contributed by atoms with Crippen LogP contribution in [0, 0.1) is 5.82 Å². The Bertz CT molecular complexity index is 1260. The number of hydrogen-bond acceptors (Lipinski definition) is 5. The minimum absolute atomic E-state index is 0.193. The molecule has 4 aromatic rings. The molecule has 1 aliphatic heterocycles. The van der Waals surface area contributed by atoms with E-state index in [-0.39, 0.29) is 11.5 Å². The number of benzene rings is 2. The van der Waals surface area contributed by atoms with Gasteiger partial charge in [0, 0.05) is 18.5 Å². The van der Waals surface area contributed by atoms with Gasteiger partial charge in [-0.2, -0.15) is 5.10 Å². The number of carbonyl (C=O) groups is 1. The average molecular weight is 430 g/mol. The fourth-order valence-corrected chi connectivity index (χ4v) is 4.42.